The van der Waals surface area contributed by atoms with E-state index in [4.69, 9.17) is 0 Å². The minimum Gasteiger partial charge on any atom is -0.366 e. The standard InChI is InChI=1S/C13H21N3S/c1-10(8-17-2)16-13-11-6-4-3-5-7-12(11)14-9-15-13/h9-10H,3-8H2,1-2H3,(H,14,15,16). The molecule has 0 amide bonds. The van der Waals surface area contributed by atoms with E-state index in [1.165, 1.54) is 30.5 Å². The number of aromatic nitrogens is 2. The highest BCUT2D eigenvalue weighted by Crippen LogP contribution is 2.24. The fourth-order valence-corrected chi connectivity index (χ4v) is 2.93. The zero-order valence-corrected chi connectivity index (χ0v) is 11.5. The van der Waals surface area contributed by atoms with Gasteiger partial charge in [0, 0.05) is 23.1 Å². The van der Waals surface area contributed by atoms with Gasteiger partial charge < -0.3 is 5.32 Å². The Kier molecular flexibility index (Phi) is 4.66. The van der Waals surface area contributed by atoms with Gasteiger partial charge in [0.1, 0.15) is 12.1 Å². The molecule has 1 aromatic rings. The Bertz CT molecular complexity index is 368. The van der Waals surface area contributed by atoms with Crippen LogP contribution in [-0.4, -0.2) is 28.0 Å². The molecule has 0 aliphatic heterocycles. The van der Waals surface area contributed by atoms with Crippen molar-refractivity contribution in [3.8, 4) is 0 Å². The average Bonchev–Trinajstić information content (AvgIpc) is 2.55. The van der Waals surface area contributed by atoms with Crippen LogP contribution in [0.25, 0.3) is 0 Å². The summed E-state index contributed by atoms with van der Waals surface area (Å²) in [5, 5.41) is 3.53. The van der Waals surface area contributed by atoms with Gasteiger partial charge in [0.05, 0.1) is 0 Å². The maximum Gasteiger partial charge on any atom is 0.133 e. The number of nitrogens with one attached hydrogen (secondary N) is 1. The number of hydrogen-bond acceptors (Lipinski definition) is 4. The van der Waals surface area contributed by atoms with Crippen LogP contribution in [0.1, 0.15) is 37.4 Å². The van der Waals surface area contributed by atoms with Crippen LogP contribution in [-0.2, 0) is 12.8 Å². The molecule has 3 nitrogen and oxygen atoms in total. The molecule has 1 unspecified atom stereocenters. The predicted octanol–water partition coefficient (Wildman–Crippen LogP) is 2.91. The van der Waals surface area contributed by atoms with Crippen molar-refractivity contribution < 1.29 is 0 Å². The third-order valence-corrected chi connectivity index (χ3v) is 4.01. The van der Waals surface area contributed by atoms with E-state index in [1.807, 2.05) is 11.8 Å². The largest absolute Gasteiger partial charge is 0.366 e. The Balaban J connectivity index is 2.16. The second-order valence-corrected chi connectivity index (χ2v) is 5.62. The summed E-state index contributed by atoms with van der Waals surface area (Å²) in [6.45, 7) is 2.21. The molecule has 0 saturated heterocycles. The minimum atomic E-state index is 0.465. The van der Waals surface area contributed by atoms with Gasteiger partial charge in [0.2, 0.25) is 0 Å². The topological polar surface area (TPSA) is 37.8 Å². The molecule has 0 radical (unpaired) electrons. The first kappa shape index (κ1) is 12.7. The summed E-state index contributed by atoms with van der Waals surface area (Å²) in [6, 6.07) is 0.465. The maximum absolute atomic E-state index is 4.44. The van der Waals surface area contributed by atoms with Crippen LogP contribution in [0.15, 0.2) is 6.33 Å². The summed E-state index contributed by atoms with van der Waals surface area (Å²) in [4.78, 5) is 8.86. The highest BCUT2D eigenvalue weighted by Gasteiger charge is 2.15. The van der Waals surface area contributed by atoms with Gasteiger partial charge in [-0.05, 0) is 38.9 Å². The number of rotatable bonds is 4. The molecule has 0 saturated carbocycles. The lowest BCUT2D eigenvalue weighted by Gasteiger charge is -2.17. The third kappa shape index (κ3) is 3.35. The molecule has 0 aromatic carbocycles. The van der Waals surface area contributed by atoms with Gasteiger partial charge in [0.15, 0.2) is 0 Å². The number of aryl methyl sites for hydroxylation is 1. The Morgan fingerprint density at radius 1 is 1.29 bits per heavy atom. The van der Waals surface area contributed by atoms with Crippen molar-refractivity contribution >= 4 is 17.6 Å². The zero-order valence-electron chi connectivity index (χ0n) is 10.7. The Hall–Kier alpha value is -0.770. The molecule has 94 valence electrons. The van der Waals surface area contributed by atoms with Gasteiger partial charge in [-0.2, -0.15) is 11.8 Å². The molecule has 0 fully saturated rings. The predicted molar refractivity (Wildman–Crippen MR) is 74.8 cm³/mol. The highest BCUT2D eigenvalue weighted by atomic mass is 32.2. The summed E-state index contributed by atoms with van der Waals surface area (Å²) < 4.78 is 0. The molecule has 17 heavy (non-hydrogen) atoms. The molecule has 1 aliphatic rings. The molecule has 0 spiro atoms. The number of fused-ring (bicyclic) bond motifs is 1. The molecule has 1 heterocycles. The van der Waals surface area contributed by atoms with E-state index < -0.39 is 0 Å². The van der Waals surface area contributed by atoms with Gasteiger partial charge in [-0.1, -0.05) is 6.42 Å². The van der Waals surface area contributed by atoms with E-state index in [2.05, 4.69) is 28.5 Å². The van der Waals surface area contributed by atoms with E-state index in [9.17, 15) is 0 Å². The fourth-order valence-electron chi connectivity index (χ4n) is 2.35. The number of thioether (sulfide) groups is 1. The van der Waals surface area contributed by atoms with Crippen molar-refractivity contribution in [2.24, 2.45) is 0 Å². The van der Waals surface area contributed by atoms with Crippen molar-refractivity contribution in [2.45, 2.75) is 45.1 Å². The Morgan fingerprint density at radius 3 is 2.94 bits per heavy atom. The summed E-state index contributed by atoms with van der Waals surface area (Å²) in [5.74, 6) is 2.18. The van der Waals surface area contributed by atoms with Crippen LogP contribution >= 0.6 is 11.8 Å². The van der Waals surface area contributed by atoms with Crippen molar-refractivity contribution in [3.63, 3.8) is 0 Å². The van der Waals surface area contributed by atoms with Crippen molar-refractivity contribution in [1.29, 1.82) is 0 Å². The monoisotopic (exact) mass is 251 g/mol. The Morgan fingerprint density at radius 2 is 2.12 bits per heavy atom. The second-order valence-electron chi connectivity index (χ2n) is 4.71. The van der Waals surface area contributed by atoms with Crippen LogP contribution in [0.2, 0.25) is 0 Å². The van der Waals surface area contributed by atoms with E-state index in [1.54, 1.807) is 6.33 Å². The van der Waals surface area contributed by atoms with E-state index in [-0.39, 0.29) is 0 Å². The SMILES string of the molecule is CSCC(C)Nc1ncnc2c1CCCCC2. The normalized spacial score (nSPS) is 17.1. The highest BCUT2D eigenvalue weighted by molar-refractivity contribution is 7.98. The van der Waals surface area contributed by atoms with Gasteiger partial charge in [-0.3, -0.25) is 0 Å². The van der Waals surface area contributed by atoms with Crippen molar-refractivity contribution in [3.05, 3.63) is 17.6 Å². The lowest BCUT2D eigenvalue weighted by Crippen LogP contribution is -2.20. The molecule has 1 atom stereocenters. The zero-order chi connectivity index (χ0) is 12.1. The van der Waals surface area contributed by atoms with Crippen LogP contribution in [0.5, 0.6) is 0 Å². The average molecular weight is 251 g/mol. The summed E-state index contributed by atoms with van der Waals surface area (Å²) in [7, 11) is 0. The van der Waals surface area contributed by atoms with Crippen LogP contribution < -0.4 is 5.32 Å². The lowest BCUT2D eigenvalue weighted by atomic mass is 10.1. The second kappa shape index (κ2) is 6.24. The molecule has 1 N–H and O–H groups in total. The van der Waals surface area contributed by atoms with Crippen molar-refractivity contribution in [2.75, 3.05) is 17.3 Å². The van der Waals surface area contributed by atoms with Gasteiger partial charge in [-0.15, -0.1) is 0 Å². The van der Waals surface area contributed by atoms with Crippen LogP contribution in [0.3, 0.4) is 0 Å². The first-order valence-electron chi connectivity index (χ1n) is 6.39. The van der Waals surface area contributed by atoms with Crippen molar-refractivity contribution in [1.82, 2.24) is 9.97 Å². The molecular weight excluding hydrogens is 230 g/mol. The molecule has 4 heteroatoms. The summed E-state index contributed by atoms with van der Waals surface area (Å²) in [5.41, 5.74) is 2.62. The number of hydrogen-bond donors (Lipinski definition) is 1. The molecule has 0 bridgehead atoms. The molecule has 1 aliphatic carbocycles. The molecular formula is C13H21N3S. The Labute approximate surface area is 108 Å². The minimum absolute atomic E-state index is 0.465. The summed E-state index contributed by atoms with van der Waals surface area (Å²) in [6.07, 6.45) is 9.94. The number of anilines is 1. The first-order chi connectivity index (χ1) is 8.31. The summed E-state index contributed by atoms with van der Waals surface area (Å²) >= 11 is 1.86. The van der Waals surface area contributed by atoms with E-state index in [0.717, 1.165) is 24.4 Å². The fraction of sp³-hybridized carbons (Fsp3) is 0.692. The maximum atomic E-state index is 4.44. The number of nitrogens with zero attached hydrogens (tertiary/aromatic N) is 2. The van der Waals surface area contributed by atoms with E-state index in [0.29, 0.717) is 6.04 Å². The first-order valence-corrected chi connectivity index (χ1v) is 7.79. The van der Waals surface area contributed by atoms with Gasteiger partial charge in [0.25, 0.3) is 0 Å². The lowest BCUT2D eigenvalue weighted by molar-refractivity contribution is 0.708. The smallest absolute Gasteiger partial charge is 0.133 e. The third-order valence-electron chi connectivity index (χ3n) is 3.17. The molecule has 2 rings (SSSR count). The quantitative estimate of drug-likeness (QED) is 0.835. The van der Waals surface area contributed by atoms with Gasteiger partial charge >= 0.3 is 0 Å². The molecule has 1 aromatic heterocycles. The van der Waals surface area contributed by atoms with Crippen LogP contribution in [0.4, 0.5) is 5.82 Å². The van der Waals surface area contributed by atoms with Crippen LogP contribution in [0, 0.1) is 0 Å². The van der Waals surface area contributed by atoms with E-state index >= 15 is 0 Å². The van der Waals surface area contributed by atoms with Gasteiger partial charge in [-0.25, -0.2) is 9.97 Å².